The molecule has 0 amide bonds. The molecule has 0 atom stereocenters. The summed E-state index contributed by atoms with van der Waals surface area (Å²) in [6, 6.07) is 97.3. The summed E-state index contributed by atoms with van der Waals surface area (Å²) < 4.78 is 93.5. The summed E-state index contributed by atoms with van der Waals surface area (Å²) in [5.74, 6) is 4.36. The summed E-state index contributed by atoms with van der Waals surface area (Å²) in [6.07, 6.45) is 10.4. The standard InChI is InChI=1S/C96H72N9O12P3/c1-106-85-31-7-67(8-32-85)55-79(61-97)73-19-43-91(44-20-73)112-118(113-92-45-21-74(22-46-92)80(62-98)56-68-9-33-86(107-2)34-10-68)103-119(114-93-47-23-75(24-48-93)81(63-99)57-69-11-35-87(108-3)36-12-69,115-94-49-25-76(26-50-94)82(64-100)58-70-13-37-88(109-4)38-14-70)105-120(104-118,116-95-51-27-77(28-52-95)83(65-101)59-71-15-39-89(110-5)40-16-71)117-96-53-29-78(30-54-96)84(66-102)60-72-17-41-90(111-6)42-18-72/h7-60H,1-6H3/b79-55+,80-56+,81-57+,82-58+,83-59+,84-60+. The van der Waals surface area contributed by atoms with Crippen LogP contribution in [-0.2, 0) is 0 Å². The van der Waals surface area contributed by atoms with Crippen molar-refractivity contribution in [2.75, 3.05) is 42.7 Å². The molecular weight excluding hydrogens is 1560 g/mol. The second-order valence-electron chi connectivity index (χ2n) is 26.1. The largest absolute Gasteiger partial charge is 0.497 e. The normalized spacial score (nSPS) is 14.2. The zero-order valence-electron chi connectivity index (χ0n) is 65.4. The van der Waals surface area contributed by atoms with Gasteiger partial charge in [-0.2, -0.15) is 31.6 Å². The van der Waals surface area contributed by atoms with E-state index in [4.69, 9.17) is 69.1 Å². The molecule has 12 aromatic carbocycles. The quantitative estimate of drug-likeness (QED) is 0.0229. The molecule has 0 aliphatic carbocycles. The fourth-order valence-electron chi connectivity index (χ4n) is 12.0. The summed E-state index contributed by atoms with van der Waals surface area (Å²) in [6.45, 7) is 0. The number of nitriles is 6. The van der Waals surface area contributed by atoms with Crippen molar-refractivity contribution in [2.24, 2.45) is 13.5 Å². The molecule has 1 heterocycles. The van der Waals surface area contributed by atoms with E-state index in [1.807, 2.05) is 72.8 Å². The molecule has 21 nitrogen and oxygen atoms in total. The van der Waals surface area contributed by atoms with Crippen molar-refractivity contribution in [1.82, 2.24) is 0 Å². The molecule has 588 valence electrons. The van der Waals surface area contributed by atoms with E-state index in [1.54, 1.807) is 298 Å². The van der Waals surface area contributed by atoms with Gasteiger partial charge in [0.2, 0.25) is 0 Å². The number of hydrogen-bond donors (Lipinski definition) is 0. The fraction of sp³-hybridized carbons (Fsp3) is 0.0625. The van der Waals surface area contributed by atoms with Crippen LogP contribution in [0.5, 0.6) is 69.0 Å². The number of rotatable bonds is 30. The minimum atomic E-state index is -4.81. The van der Waals surface area contributed by atoms with Gasteiger partial charge >= 0.3 is 23.0 Å². The molecule has 0 fully saturated rings. The minimum Gasteiger partial charge on any atom is -0.497 e. The summed E-state index contributed by atoms with van der Waals surface area (Å²) in [5, 5.41) is 64.7. The molecule has 0 aromatic heterocycles. The lowest BCUT2D eigenvalue weighted by atomic mass is 10.0. The number of nitrogens with zero attached hydrogens (tertiary/aromatic N) is 9. The van der Waals surface area contributed by atoms with E-state index in [0.29, 0.717) is 101 Å². The zero-order chi connectivity index (χ0) is 83.9. The Bertz CT molecular complexity index is 5360. The van der Waals surface area contributed by atoms with Crippen LogP contribution in [0.25, 0.3) is 69.9 Å². The molecule has 1 aliphatic rings. The molecule has 0 saturated heterocycles. The summed E-state index contributed by atoms with van der Waals surface area (Å²) in [7, 11) is -5.02. The summed E-state index contributed by atoms with van der Waals surface area (Å²) in [5.41, 5.74) is 9.19. The Morgan fingerprint density at radius 2 is 0.308 bits per heavy atom. The van der Waals surface area contributed by atoms with E-state index in [-0.39, 0.29) is 34.5 Å². The van der Waals surface area contributed by atoms with Crippen molar-refractivity contribution < 1.29 is 55.6 Å². The van der Waals surface area contributed by atoms with E-state index in [1.165, 1.54) is 0 Å². The summed E-state index contributed by atoms with van der Waals surface area (Å²) >= 11 is 0. The molecule has 0 N–H and O–H groups in total. The van der Waals surface area contributed by atoms with Gasteiger partial charge in [0.25, 0.3) is 0 Å². The third-order valence-corrected chi connectivity index (χ3v) is 26.4. The molecule has 0 saturated carbocycles. The molecule has 120 heavy (non-hydrogen) atoms. The number of benzene rings is 12. The molecule has 0 unspecified atom stereocenters. The number of methoxy groups -OCH3 is 6. The lowest BCUT2D eigenvalue weighted by Crippen LogP contribution is -2.11. The lowest BCUT2D eigenvalue weighted by molar-refractivity contribution is 0.414. The molecule has 0 spiro atoms. The second-order valence-corrected chi connectivity index (χ2v) is 32.3. The van der Waals surface area contributed by atoms with Crippen LogP contribution in [0.2, 0.25) is 0 Å². The van der Waals surface area contributed by atoms with Gasteiger partial charge in [0.15, 0.2) is 0 Å². The molecule has 13 rings (SSSR count). The van der Waals surface area contributed by atoms with Gasteiger partial charge in [-0.1, -0.05) is 86.3 Å². The smallest absolute Gasteiger partial charge is 0.460 e. The highest BCUT2D eigenvalue weighted by Gasteiger charge is 2.49. The number of hydrogen-bond acceptors (Lipinski definition) is 21. The molecule has 1 aliphatic heterocycles. The van der Waals surface area contributed by atoms with Gasteiger partial charge in [0.1, 0.15) is 69.0 Å². The Hall–Kier alpha value is -15.7. The van der Waals surface area contributed by atoms with Crippen molar-refractivity contribution in [3.63, 3.8) is 0 Å². The van der Waals surface area contributed by atoms with Crippen LogP contribution in [0, 0.1) is 68.0 Å². The van der Waals surface area contributed by atoms with Gasteiger partial charge in [-0.3, -0.25) is 0 Å². The van der Waals surface area contributed by atoms with Crippen LogP contribution in [0.15, 0.2) is 305 Å². The van der Waals surface area contributed by atoms with Gasteiger partial charge in [-0.25, -0.2) is 0 Å². The van der Waals surface area contributed by atoms with Gasteiger partial charge in [0.05, 0.1) is 113 Å². The lowest BCUT2D eigenvalue weighted by Gasteiger charge is -2.33. The first kappa shape index (κ1) is 82.3. The first-order chi connectivity index (χ1) is 58.6. The molecule has 12 aromatic rings. The van der Waals surface area contributed by atoms with Crippen LogP contribution in [0.1, 0.15) is 66.8 Å². The Morgan fingerprint density at radius 1 is 0.192 bits per heavy atom. The van der Waals surface area contributed by atoms with E-state index >= 15 is 0 Å². The molecule has 0 bridgehead atoms. The van der Waals surface area contributed by atoms with Gasteiger partial charge in [0, 0.05) is 0 Å². The van der Waals surface area contributed by atoms with Crippen LogP contribution in [0.3, 0.4) is 0 Å². The highest BCUT2D eigenvalue weighted by atomic mass is 31.3. The fourth-order valence-corrected chi connectivity index (χ4v) is 21.1. The third kappa shape index (κ3) is 20.9. The second kappa shape index (κ2) is 38.6. The Morgan fingerprint density at radius 3 is 0.417 bits per heavy atom. The van der Waals surface area contributed by atoms with Gasteiger partial charge < -0.3 is 55.6 Å². The third-order valence-electron chi connectivity index (χ3n) is 18.3. The van der Waals surface area contributed by atoms with Crippen molar-refractivity contribution in [1.29, 1.82) is 31.6 Å². The van der Waals surface area contributed by atoms with Crippen molar-refractivity contribution >= 4 is 92.9 Å². The SMILES string of the molecule is COc1ccc(/C=C(\C#N)c2ccc(OP3(Oc4ccc(/C(C#N)=C/c5ccc(OC)cc5)cc4)=NP(Oc4ccc(/C(C#N)=C/c5ccc(OC)cc5)cc4)(Oc4ccc(/C(C#N)=C/c5ccc(OC)cc5)cc4)=NP(Oc4ccc(/C(C#N)=C/c5ccc(OC)cc5)cc4)(Oc4ccc(/C(C#N)=C/c5ccc(OC)cc5)cc4)=N3)cc2)cc1. The van der Waals surface area contributed by atoms with Gasteiger partial charge in [-0.15, -0.1) is 0 Å². The number of allylic oxidation sites excluding steroid dienone is 6. The Balaban J connectivity index is 1.07. The van der Waals surface area contributed by atoms with Crippen molar-refractivity contribution in [2.45, 2.75) is 0 Å². The maximum atomic E-state index is 10.8. The maximum absolute atomic E-state index is 10.8. The predicted octanol–water partition coefficient (Wildman–Crippen LogP) is 24.7. The van der Waals surface area contributed by atoms with Crippen LogP contribution >= 0.6 is 23.0 Å². The monoisotopic (exact) mass is 1640 g/mol. The van der Waals surface area contributed by atoms with E-state index in [9.17, 15) is 31.6 Å². The van der Waals surface area contributed by atoms with E-state index < -0.39 is 23.0 Å². The minimum absolute atomic E-state index is 0.0911. The maximum Gasteiger partial charge on any atom is 0.460 e. The molecular formula is C96H72N9O12P3. The van der Waals surface area contributed by atoms with Crippen molar-refractivity contribution in [3.05, 3.63) is 358 Å². The van der Waals surface area contributed by atoms with Crippen LogP contribution < -0.4 is 55.6 Å². The number of ether oxygens (including phenoxy) is 6. The van der Waals surface area contributed by atoms with Crippen LogP contribution in [0.4, 0.5) is 0 Å². The zero-order valence-corrected chi connectivity index (χ0v) is 68.1. The van der Waals surface area contributed by atoms with Crippen molar-refractivity contribution in [3.8, 4) is 105 Å². The van der Waals surface area contributed by atoms with Crippen LogP contribution in [-0.4, -0.2) is 42.7 Å². The van der Waals surface area contributed by atoms with E-state index in [0.717, 1.165) is 33.4 Å². The average Bonchev–Trinajstić information content (AvgIpc) is 0.727. The Kier molecular flexibility index (Phi) is 26.5. The highest BCUT2D eigenvalue weighted by Crippen LogP contribution is 2.79. The highest BCUT2D eigenvalue weighted by molar-refractivity contribution is 7.79. The predicted molar refractivity (Wildman–Crippen MR) is 469 cm³/mol. The molecule has 24 heteroatoms. The topological polar surface area (TPSA) is 291 Å². The first-order valence-electron chi connectivity index (χ1n) is 36.9. The average molecular weight is 1640 g/mol. The Labute approximate surface area is 695 Å². The van der Waals surface area contributed by atoms with E-state index in [2.05, 4.69) is 36.4 Å². The molecule has 0 radical (unpaired) electrons. The van der Waals surface area contributed by atoms with Gasteiger partial charge in [-0.05, 0) is 322 Å². The first-order valence-corrected chi connectivity index (χ1v) is 41.4. The summed E-state index contributed by atoms with van der Waals surface area (Å²) in [4.78, 5) is 0.